The van der Waals surface area contributed by atoms with E-state index in [1.165, 1.54) is 0 Å². The van der Waals surface area contributed by atoms with E-state index in [9.17, 15) is 0 Å². The van der Waals surface area contributed by atoms with Gasteiger partial charge < -0.3 is 45.0 Å². The first-order valence-electron chi connectivity index (χ1n) is 1.90. The van der Waals surface area contributed by atoms with Crippen molar-refractivity contribution in [3.8, 4) is 0 Å². The Morgan fingerprint density at radius 1 is 0.714 bits per heavy atom. The fourth-order valence-corrected chi connectivity index (χ4v) is 0. The quantitative estimate of drug-likeness (QED) is 0.340. The number of rotatable bonds is 0. The summed E-state index contributed by atoms with van der Waals surface area (Å²) in [6, 6.07) is 0. The van der Waals surface area contributed by atoms with Gasteiger partial charge in [-0.2, -0.15) is 0 Å². The minimum atomic E-state index is -2.08. The van der Waals surface area contributed by atoms with Gasteiger partial charge in [0.05, 0.1) is 0 Å². The second kappa shape index (κ2) is 22.9. The van der Waals surface area contributed by atoms with Crippen LogP contribution in [0.25, 0.3) is 0 Å². The van der Waals surface area contributed by atoms with E-state index in [0.717, 1.165) is 0 Å². The molecule has 0 unspecified atom stereocenters. The molecule has 14 heavy (non-hydrogen) atoms. The Hall–Kier alpha value is -0.424. The van der Waals surface area contributed by atoms with Crippen molar-refractivity contribution in [3.63, 3.8) is 0 Å². The van der Waals surface area contributed by atoms with E-state index in [0.29, 0.717) is 0 Å². The normalized spacial score (nSPS) is 5.14. The van der Waals surface area contributed by atoms with Crippen LogP contribution >= 0.6 is 0 Å². The molecule has 0 bridgehead atoms. The Labute approximate surface area is 115 Å². The molecule has 0 heterocycles. The molecule has 3 N–H and O–H groups in total. The van der Waals surface area contributed by atoms with Crippen LogP contribution in [-0.4, -0.2) is 56.8 Å². The zero-order chi connectivity index (χ0) is 10.7. The third-order valence-electron chi connectivity index (χ3n) is 0. The Balaban J connectivity index is -0.0000000270. The van der Waals surface area contributed by atoms with Gasteiger partial charge in [0.25, 0.3) is 0 Å². The number of carboxylic acid groups (broad SMARTS) is 6. The van der Waals surface area contributed by atoms with Crippen LogP contribution in [0.1, 0.15) is 0 Å². The molecule has 0 aliphatic rings. The second-order valence-electron chi connectivity index (χ2n) is 0.798. The van der Waals surface area contributed by atoms with Crippen molar-refractivity contribution in [2.75, 3.05) is 0 Å². The van der Waals surface area contributed by atoms with Gasteiger partial charge in [-0.1, -0.05) is 0 Å². The summed E-state index contributed by atoms with van der Waals surface area (Å²) in [5.41, 5.74) is 0. The van der Waals surface area contributed by atoms with Crippen LogP contribution in [0.3, 0.4) is 0 Å². The van der Waals surface area contributed by atoms with Crippen LogP contribution in [-0.2, 0) is 0 Å². The average Bonchev–Trinajstić information content (AvgIpc) is 1.54. The summed E-state index contributed by atoms with van der Waals surface area (Å²) >= 11 is 0. The van der Waals surface area contributed by atoms with Crippen LogP contribution < -0.4 is 44.9 Å². The second-order valence-corrected chi connectivity index (χ2v) is 0.798. The molecule has 0 saturated heterocycles. The first-order valence-corrected chi connectivity index (χ1v) is 1.90. The van der Waals surface area contributed by atoms with E-state index >= 15 is 0 Å². The summed E-state index contributed by atoms with van der Waals surface area (Å²) in [6.45, 7) is 0. The minimum Gasteiger partial charge on any atom is -0.565 e. The maximum atomic E-state index is 8.44. The van der Waals surface area contributed by atoms with Crippen molar-refractivity contribution in [3.05, 3.63) is 0 Å². The molecule has 9 nitrogen and oxygen atoms in total. The van der Waals surface area contributed by atoms with Crippen molar-refractivity contribution in [2.24, 2.45) is 0 Å². The Kier molecular flexibility index (Phi) is 47.8. The molecule has 0 aliphatic heterocycles. The van der Waals surface area contributed by atoms with Gasteiger partial charge in [0.1, 0.15) is 0 Å². The summed E-state index contributed by atoms with van der Waals surface area (Å²) in [5, 5.41) is 45.9. The molecule has 0 saturated carbocycles. The van der Waals surface area contributed by atoms with E-state index in [1.807, 2.05) is 0 Å². The van der Waals surface area contributed by atoms with Crippen molar-refractivity contribution >= 4 is 41.5 Å². The monoisotopic (exact) mass is 230 g/mol. The van der Waals surface area contributed by atoms with Crippen molar-refractivity contribution < 1.29 is 74.6 Å². The van der Waals surface area contributed by atoms with E-state index in [4.69, 9.17) is 45.0 Å². The van der Waals surface area contributed by atoms with Gasteiger partial charge in [0, 0.05) is 0 Å². The van der Waals surface area contributed by atoms with Gasteiger partial charge >= 0.3 is 52.6 Å². The Morgan fingerprint density at radius 3 is 0.714 bits per heavy atom. The summed E-state index contributed by atoms with van der Waals surface area (Å²) in [7, 11) is 0. The summed E-state index contributed by atoms with van der Waals surface area (Å²) in [5.74, 6) is 0. The fraction of sp³-hybridized carbons (Fsp3) is 0. The number of hydrogen-bond donors (Lipinski definition) is 3. The topological polar surface area (TPSA) is 181 Å². The van der Waals surface area contributed by atoms with E-state index in [-0.39, 0.29) is 52.6 Å². The fourth-order valence-electron chi connectivity index (χ4n) is 0. The molecule has 0 atom stereocenters. The third kappa shape index (κ3) is 7210. The van der Waals surface area contributed by atoms with Gasteiger partial charge in [0.15, 0.2) is 0 Å². The maximum Gasteiger partial charge on any atom is 2.00 e. The summed E-state index contributed by atoms with van der Waals surface area (Å²) < 4.78 is 0. The Bertz CT molecular complexity index is 118. The summed E-state index contributed by atoms with van der Waals surface area (Å²) in [6.07, 6.45) is -6.25. The first-order chi connectivity index (χ1) is 5.20. The van der Waals surface area contributed by atoms with Crippen molar-refractivity contribution in [1.29, 1.82) is 0 Å². The molecule has 0 aromatic carbocycles. The molecule has 72 valence electrons. The molecule has 0 spiro atoms. The molecule has 0 aromatic rings. The average molecular weight is 230 g/mol. The van der Waals surface area contributed by atoms with Gasteiger partial charge in [-0.25, -0.2) is 0 Å². The molecule has 0 amide bonds. The first kappa shape index (κ1) is 29.2. The number of hydrogen-bond acceptors (Lipinski definition) is 6. The SMILES string of the molecule is O=C([O-])O.O=C([O-])O.O=C([O-])O.[Mg+2].[Na+]. The van der Waals surface area contributed by atoms with E-state index < -0.39 is 18.5 Å². The Morgan fingerprint density at radius 2 is 0.714 bits per heavy atom. The van der Waals surface area contributed by atoms with Gasteiger partial charge in [0.2, 0.25) is 18.5 Å². The molecular weight excluding hydrogens is 227 g/mol. The van der Waals surface area contributed by atoms with Crippen molar-refractivity contribution in [1.82, 2.24) is 0 Å². The van der Waals surface area contributed by atoms with Crippen LogP contribution in [0.5, 0.6) is 0 Å². The van der Waals surface area contributed by atoms with E-state index in [1.54, 1.807) is 0 Å². The van der Waals surface area contributed by atoms with Gasteiger partial charge in [-0.3, -0.25) is 0 Å². The van der Waals surface area contributed by atoms with Crippen LogP contribution in [0.2, 0.25) is 0 Å². The molecule has 11 heteroatoms. The van der Waals surface area contributed by atoms with Crippen LogP contribution in [0.4, 0.5) is 14.4 Å². The largest absolute Gasteiger partial charge is 2.00 e. The van der Waals surface area contributed by atoms with Crippen LogP contribution in [0, 0.1) is 0 Å². The zero-order valence-corrected chi connectivity index (χ0v) is 10.4. The minimum absolute atomic E-state index is 0. The molecule has 0 aromatic heterocycles. The summed E-state index contributed by atoms with van der Waals surface area (Å²) in [4.78, 5) is 25.3. The zero-order valence-electron chi connectivity index (χ0n) is 7.00. The maximum absolute atomic E-state index is 8.44. The molecule has 0 fully saturated rings. The molecule has 0 rings (SSSR count). The predicted molar refractivity (Wildman–Crippen MR) is 29.8 cm³/mol. The standard InChI is InChI=1S/3CH2O3.Mg.Na/c3*2-1(3)4;;/h3*(H2,2,3,4);;/q;;;+2;+1/p-3. The van der Waals surface area contributed by atoms with E-state index in [2.05, 4.69) is 0 Å². The van der Waals surface area contributed by atoms with Gasteiger partial charge in [-0.15, -0.1) is 0 Å². The molecule has 0 radical (unpaired) electrons. The van der Waals surface area contributed by atoms with Crippen molar-refractivity contribution in [2.45, 2.75) is 0 Å². The van der Waals surface area contributed by atoms with Crippen LogP contribution in [0.15, 0.2) is 0 Å². The molecule has 0 aliphatic carbocycles. The molecular formula is C3H3MgNaO9. The predicted octanol–water partition coefficient (Wildman–Crippen LogP) is -6.71. The smallest absolute Gasteiger partial charge is 0.565 e. The van der Waals surface area contributed by atoms with Gasteiger partial charge in [-0.05, 0) is 0 Å². The number of carbonyl (C=O) groups is 3. The third-order valence-corrected chi connectivity index (χ3v) is 0.